The summed E-state index contributed by atoms with van der Waals surface area (Å²) in [7, 11) is 0. The number of rotatable bonds is 6. The second kappa shape index (κ2) is 9.98. The molecular formula is C30H48N2O2S. The number of ether oxygens (including phenoxy) is 1. The fourth-order valence-electron chi connectivity index (χ4n) is 10.0. The van der Waals surface area contributed by atoms with Crippen LogP contribution < -0.4 is 5.32 Å². The zero-order valence-corrected chi connectivity index (χ0v) is 23.1. The monoisotopic (exact) mass is 500 g/mol. The molecule has 8 atom stereocenters. The second-order valence-corrected chi connectivity index (χ2v) is 14.8. The molecule has 0 aromatic carbocycles. The Balaban J connectivity index is 1.05. The first kappa shape index (κ1) is 24.8. The molecule has 35 heavy (non-hydrogen) atoms. The highest BCUT2D eigenvalue weighted by Crippen LogP contribution is 2.68. The summed E-state index contributed by atoms with van der Waals surface area (Å²) in [6.07, 6.45) is 16.0. The van der Waals surface area contributed by atoms with Crippen LogP contribution in [-0.4, -0.2) is 61.2 Å². The molecule has 1 saturated heterocycles. The van der Waals surface area contributed by atoms with E-state index in [1.54, 1.807) is 0 Å². The average Bonchev–Trinajstić information content (AvgIpc) is 3.44. The standard InChI is InChI=1S/C30H48N2O2S/c1-29-10-8-23(35-17-3-14-32-15-12-31-13-16-32)19-22(29)4-5-24-26-7-6-25(21-18-28(33)34-20-21)30(26,2)11-9-27(24)29/h18,22-27,31H,3-17,19-20H2,1-2H3/t22-,23+,24+,25-,26+,27+,29+,30-/m1/s1. The van der Waals surface area contributed by atoms with Crippen LogP contribution in [0.4, 0.5) is 0 Å². The molecule has 0 radical (unpaired) electrons. The van der Waals surface area contributed by atoms with Gasteiger partial charge >= 0.3 is 5.97 Å². The molecule has 6 aliphatic rings. The Morgan fingerprint density at radius 2 is 1.83 bits per heavy atom. The molecule has 6 rings (SSSR count). The lowest BCUT2D eigenvalue weighted by Gasteiger charge is -2.61. The maximum Gasteiger partial charge on any atom is 0.331 e. The molecule has 0 amide bonds. The summed E-state index contributed by atoms with van der Waals surface area (Å²) in [6, 6.07) is 0. The van der Waals surface area contributed by atoms with Crippen molar-refractivity contribution in [2.24, 2.45) is 40.4 Å². The van der Waals surface area contributed by atoms with Crippen LogP contribution in [0.25, 0.3) is 0 Å². The summed E-state index contributed by atoms with van der Waals surface area (Å²) >= 11 is 2.31. The Morgan fingerprint density at radius 3 is 2.63 bits per heavy atom. The summed E-state index contributed by atoms with van der Waals surface area (Å²) < 4.78 is 5.33. The van der Waals surface area contributed by atoms with Crippen LogP contribution in [0.2, 0.25) is 0 Å². The second-order valence-electron chi connectivity index (χ2n) is 13.4. The third kappa shape index (κ3) is 4.54. The van der Waals surface area contributed by atoms with E-state index in [1.807, 2.05) is 6.08 Å². The van der Waals surface area contributed by atoms with Gasteiger partial charge < -0.3 is 15.0 Å². The van der Waals surface area contributed by atoms with Crippen molar-refractivity contribution < 1.29 is 9.53 Å². The number of cyclic esters (lactones) is 1. The van der Waals surface area contributed by atoms with Crippen LogP contribution in [0.5, 0.6) is 0 Å². The largest absolute Gasteiger partial charge is 0.458 e. The van der Waals surface area contributed by atoms with Gasteiger partial charge in [0.2, 0.25) is 0 Å². The third-order valence-corrected chi connectivity index (χ3v) is 13.4. The highest BCUT2D eigenvalue weighted by Gasteiger charge is 2.60. The normalized spacial score (nSPS) is 45.9. The summed E-state index contributed by atoms with van der Waals surface area (Å²) in [5.74, 6) is 5.50. The van der Waals surface area contributed by atoms with Gasteiger partial charge in [-0.2, -0.15) is 11.8 Å². The van der Waals surface area contributed by atoms with Gasteiger partial charge in [-0.25, -0.2) is 4.79 Å². The van der Waals surface area contributed by atoms with Gasteiger partial charge in [-0.15, -0.1) is 0 Å². The van der Waals surface area contributed by atoms with E-state index in [9.17, 15) is 4.79 Å². The number of nitrogens with zero attached hydrogens (tertiary/aromatic N) is 1. The van der Waals surface area contributed by atoms with E-state index in [1.165, 1.54) is 108 Å². The molecule has 2 aliphatic heterocycles. The van der Waals surface area contributed by atoms with Gasteiger partial charge in [-0.1, -0.05) is 13.8 Å². The molecule has 1 N–H and O–H groups in total. The molecule has 0 spiro atoms. The Morgan fingerprint density at radius 1 is 1.03 bits per heavy atom. The van der Waals surface area contributed by atoms with E-state index in [-0.39, 0.29) is 5.97 Å². The van der Waals surface area contributed by atoms with Gasteiger partial charge in [0.25, 0.3) is 0 Å². The third-order valence-electron chi connectivity index (χ3n) is 11.9. The highest BCUT2D eigenvalue weighted by molar-refractivity contribution is 7.99. The van der Waals surface area contributed by atoms with E-state index in [0.717, 1.165) is 28.9 Å². The van der Waals surface area contributed by atoms with Crippen molar-refractivity contribution in [2.75, 3.05) is 45.1 Å². The lowest BCUT2D eigenvalue weighted by molar-refractivity contribution is -0.135. The topological polar surface area (TPSA) is 41.6 Å². The molecule has 0 bridgehead atoms. The molecule has 4 nitrogen and oxygen atoms in total. The molecule has 0 unspecified atom stereocenters. The number of hydrogen-bond acceptors (Lipinski definition) is 5. The molecule has 5 heteroatoms. The van der Waals surface area contributed by atoms with Crippen LogP contribution in [0.1, 0.15) is 78.1 Å². The van der Waals surface area contributed by atoms with Crippen LogP contribution in [0.3, 0.4) is 0 Å². The van der Waals surface area contributed by atoms with Crippen molar-refractivity contribution >= 4 is 17.7 Å². The van der Waals surface area contributed by atoms with Gasteiger partial charge in [0.05, 0.1) is 0 Å². The lowest BCUT2D eigenvalue weighted by atomic mass is 9.44. The Bertz CT molecular complexity index is 825. The van der Waals surface area contributed by atoms with Gasteiger partial charge in [0.1, 0.15) is 6.61 Å². The van der Waals surface area contributed by atoms with E-state index < -0.39 is 0 Å². The summed E-state index contributed by atoms with van der Waals surface area (Å²) in [4.78, 5) is 14.4. The number of fused-ring (bicyclic) bond motifs is 5. The maximum absolute atomic E-state index is 11.8. The molecule has 0 aromatic rings. The van der Waals surface area contributed by atoms with Gasteiger partial charge in [0.15, 0.2) is 0 Å². The first-order chi connectivity index (χ1) is 17.0. The van der Waals surface area contributed by atoms with Crippen molar-refractivity contribution in [3.05, 3.63) is 11.6 Å². The van der Waals surface area contributed by atoms with Gasteiger partial charge in [0, 0.05) is 37.5 Å². The van der Waals surface area contributed by atoms with Crippen molar-refractivity contribution in [3.8, 4) is 0 Å². The van der Waals surface area contributed by atoms with E-state index in [4.69, 9.17) is 4.74 Å². The predicted molar refractivity (Wildman–Crippen MR) is 144 cm³/mol. The van der Waals surface area contributed by atoms with Crippen LogP contribution in [0.15, 0.2) is 11.6 Å². The quantitative estimate of drug-likeness (QED) is 0.384. The minimum absolute atomic E-state index is 0.104. The first-order valence-corrected chi connectivity index (χ1v) is 15.9. The Hall–Kier alpha value is -0.520. The van der Waals surface area contributed by atoms with E-state index >= 15 is 0 Å². The molecule has 4 aliphatic carbocycles. The molecular weight excluding hydrogens is 452 g/mol. The number of piperazine rings is 1. The van der Waals surface area contributed by atoms with Crippen molar-refractivity contribution in [1.29, 1.82) is 0 Å². The van der Waals surface area contributed by atoms with E-state index in [0.29, 0.717) is 23.4 Å². The summed E-state index contributed by atoms with van der Waals surface area (Å²) in [6.45, 7) is 12.0. The highest BCUT2D eigenvalue weighted by atomic mass is 32.2. The van der Waals surface area contributed by atoms with Crippen molar-refractivity contribution in [1.82, 2.24) is 10.2 Å². The number of carbonyl (C=O) groups is 1. The van der Waals surface area contributed by atoms with E-state index in [2.05, 4.69) is 35.8 Å². The van der Waals surface area contributed by atoms with Crippen LogP contribution in [0, 0.1) is 40.4 Å². The summed E-state index contributed by atoms with van der Waals surface area (Å²) in [5.41, 5.74) is 2.28. The molecule has 0 aromatic heterocycles. The minimum atomic E-state index is -0.104. The smallest absolute Gasteiger partial charge is 0.331 e. The molecule has 2 heterocycles. The number of thioether (sulfide) groups is 1. The Kier molecular flexibility index (Phi) is 7.07. The van der Waals surface area contributed by atoms with Gasteiger partial charge in [-0.05, 0) is 122 Å². The fourth-order valence-corrected chi connectivity index (χ4v) is 11.3. The zero-order valence-electron chi connectivity index (χ0n) is 22.2. The molecule has 196 valence electrons. The zero-order chi connectivity index (χ0) is 24.0. The van der Waals surface area contributed by atoms with Crippen LogP contribution in [-0.2, 0) is 9.53 Å². The van der Waals surface area contributed by atoms with Crippen molar-refractivity contribution in [3.63, 3.8) is 0 Å². The number of carbonyl (C=O) groups excluding carboxylic acids is 1. The number of hydrogen-bond donors (Lipinski definition) is 1. The number of nitrogens with one attached hydrogen (secondary N) is 1. The predicted octanol–water partition coefficient (Wildman–Crippen LogP) is 5.53. The molecule has 5 fully saturated rings. The average molecular weight is 501 g/mol. The lowest BCUT2D eigenvalue weighted by Crippen LogP contribution is -2.53. The fraction of sp³-hybridized carbons (Fsp3) is 0.900. The Labute approximate surface area is 217 Å². The van der Waals surface area contributed by atoms with Gasteiger partial charge in [-0.3, -0.25) is 0 Å². The first-order valence-electron chi connectivity index (χ1n) is 14.9. The minimum Gasteiger partial charge on any atom is -0.458 e. The molecule has 4 saturated carbocycles. The van der Waals surface area contributed by atoms with Crippen molar-refractivity contribution in [2.45, 2.75) is 83.3 Å². The van der Waals surface area contributed by atoms with Crippen LogP contribution >= 0.6 is 11.8 Å². The SMILES string of the molecule is C[C@]12CC[C@H](SCCCN3CCNCC3)C[C@H]1CC[C@@H]1[C@@H]2CC[C@]2(C)[C@@H](C3=CC(=O)OC3)CC[C@@H]12. The number of esters is 1. The summed E-state index contributed by atoms with van der Waals surface area (Å²) in [5, 5.41) is 4.38. The maximum atomic E-state index is 11.8.